The van der Waals surface area contributed by atoms with E-state index in [0.717, 1.165) is 11.4 Å². The molecule has 112 valence electrons. The number of halogens is 2. The second kappa shape index (κ2) is 6.87. The molecule has 0 fully saturated rings. The Morgan fingerprint density at radius 3 is 2.90 bits per heavy atom. The van der Waals surface area contributed by atoms with Crippen LogP contribution in [0.4, 0.5) is 15.2 Å². The Labute approximate surface area is 131 Å². The van der Waals surface area contributed by atoms with Gasteiger partial charge < -0.3 is 5.32 Å². The van der Waals surface area contributed by atoms with Crippen LogP contribution in [0.3, 0.4) is 0 Å². The molecule has 0 bridgehead atoms. The first-order valence-corrected chi connectivity index (χ1v) is 7.68. The summed E-state index contributed by atoms with van der Waals surface area (Å²) >= 11 is 7.14. The third-order valence-corrected chi connectivity index (χ3v) is 4.06. The molecule has 0 aliphatic rings. The van der Waals surface area contributed by atoms with Gasteiger partial charge in [0.2, 0.25) is 5.91 Å². The molecule has 0 saturated carbocycles. The zero-order chi connectivity index (χ0) is 15.4. The van der Waals surface area contributed by atoms with Gasteiger partial charge in [-0.2, -0.15) is 0 Å². The molecule has 1 amide bonds. The molecule has 2 aromatic rings. The molecule has 0 spiro atoms. The van der Waals surface area contributed by atoms with Gasteiger partial charge in [0.25, 0.3) is 0 Å². The highest BCUT2D eigenvalue weighted by Crippen LogP contribution is 2.23. The van der Waals surface area contributed by atoms with Gasteiger partial charge in [0, 0.05) is 24.5 Å². The molecule has 4 nitrogen and oxygen atoms in total. The van der Waals surface area contributed by atoms with E-state index < -0.39 is 5.82 Å². The van der Waals surface area contributed by atoms with Crippen LogP contribution in [0, 0.1) is 5.82 Å². The topological polar surface area (TPSA) is 45.2 Å². The van der Waals surface area contributed by atoms with Crippen LogP contribution in [0.15, 0.2) is 23.6 Å². The second-order valence-corrected chi connectivity index (χ2v) is 5.61. The van der Waals surface area contributed by atoms with E-state index in [0.29, 0.717) is 18.2 Å². The zero-order valence-corrected chi connectivity index (χ0v) is 13.3. The highest BCUT2D eigenvalue weighted by Gasteiger charge is 2.13. The minimum Gasteiger partial charge on any atom is -0.379 e. The summed E-state index contributed by atoms with van der Waals surface area (Å²) in [5.41, 5.74) is 1.53. The molecule has 2 rings (SSSR count). The lowest BCUT2D eigenvalue weighted by atomic mass is 10.3. The van der Waals surface area contributed by atoms with Gasteiger partial charge in [0.1, 0.15) is 5.82 Å². The van der Waals surface area contributed by atoms with E-state index >= 15 is 0 Å². The van der Waals surface area contributed by atoms with E-state index in [1.54, 1.807) is 11.0 Å². The van der Waals surface area contributed by atoms with E-state index in [1.165, 1.54) is 30.4 Å². The lowest BCUT2D eigenvalue weighted by Gasteiger charge is -2.14. The number of hydrogen-bond donors (Lipinski definition) is 1. The molecule has 21 heavy (non-hydrogen) atoms. The van der Waals surface area contributed by atoms with Crippen molar-refractivity contribution in [3.05, 3.63) is 40.1 Å². The summed E-state index contributed by atoms with van der Waals surface area (Å²) in [6, 6.07) is 4.45. The third-order valence-electron chi connectivity index (χ3n) is 2.86. The highest BCUT2D eigenvalue weighted by molar-refractivity contribution is 7.14. The maximum atomic E-state index is 13.1. The summed E-state index contributed by atoms with van der Waals surface area (Å²) in [6.45, 7) is 4.49. The first kappa shape index (κ1) is 15.7. The zero-order valence-electron chi connectivity index (χ0n) is 11.7. The van der Waals surface area contributed by atoms with E-state index in [9.17, 15) is 9.18 Å². The molecule has 1 aromatic heterocycles. The van der Waals surface area contributed by atoms with Gasteiger partial charge in [-0.1, -0.05) is 11.6 Å². The monoisotopic (exact) mass is 327 g/mol. The standard InChI is InChI=1S/C14H15ClFN3OS/c1-3-19(9(2)20)14-18-11(8-21-14)7-17-10-4-5-13(16)12(15)6-10/h4-6,8,17H,3,7H2,1-2H3. The van der Waals surface area contributed by atoms with Crippen LogP contribution in [0.25, 0.3) is 0 Å². The molecule has 0 aliphatic carbocycles. The fourth-order valence-electron chi connectivity index (χ4n) is 1.79. The van der Waals surface area contributed by atoms with E-state index in [1.807, 2.05) is 12.3 Å². The SMILES string of the molecule is CCN(C(C)=O)c1nc(CNc2ccc(F)c(Cl)c2)cs1. The number of carbonyl (C=O) groups is 1. The normalized spacial score (nSPS) is 10.5. The van der Waals surface area contributed by atoms with E-state index in [4.69, 9.17) is 11.6 Å². The summed E-state index contributed by atoms with van der Waals surface area (Å²) in [6.07, 6.45) is 0. The van der Waals surface area contributed by atoms with Gasteiger partial charge in [-0.25, -0.2) is 9.37 Å². The molecule has 0 saturated heterocycles. The van der Waals surface area contributed by atoms with Crippen molar-refractivity contribution in [1.29, 1.82) is 0 Å². The molecule has 1 aromatic carbocycles. The Morgan fingerprint density at radius 2 is 2.29 bits per heavy atom. The Balaban J connectivity index is 2.02. The number of anilines is 2. The van der Waals surface area contributed by atoms with E-state index in [2.05, 4.69) is 10.3 Å². The largest absolute Gasteiger partial charge is 0.379 e. The Hall–Kier alpha value is -1.66. The predicted molar refractivity (Wildman–Crippen MR) is 84.6 cm³/mol. The van der Waals surface area contributed by atoms with Crippen LogP contribution in [0.5, 0.6) is 0 Å². The van der Waals surface area contributed by atoms with Crippen molar-refractivity contribution in [2.75, 3.05) is 16.8 Å². The van der Waals surface area contributed by atoms with Crippen molar-refractivity contribution in [2.45, 2.75) is 20.4 Å². The molecular weight excluding hydrogens is 313 g/mol. The van der Waals surface area contributed by atoms with Crippen LogP contribution in [-0.4, -0.2) is 17.4 Å². The lowest BCUT2D eigenvalue weighted by molar-refractivity contribution is -0.116. The number of rotatable bonds is 5. The molecular formula is C14H15ClFN3OS. The fraction of sp³-hybridized carbons (Fsp3) is 0.286. The molecule has 1 N–H and O–H groups in total. The molecule has 0 aliphatic heterocycles. The Bertz CT molecular complexity index is 647. The van der Waals surface area contributed by atoms with Crippen molar-refractivity contribution < 1.29 is 9.18 Å². The van der Waals surface area contributed by atoms with Crippen molar-refractivity contribution in [3.63, 3.8) is 0 Å². The first-order chi connectivity index (χ1) is 10.0. The van der Waals surface area contributed by atoms with Gasteiger partial charge >= 0.3 is 0 Å². The predicted octanol–water partition coefficient (Wildman–Crippen LogP) is 3.92. The molecule has 7 heteroatoms. The number of nitrogens with zero attached hydrogens (tertiary/aromatic N) is 2. The molecule has 0 radical (unpaired) electrons. The summed E-state index contributed by atoms with van der Waals surface area (Å²) < 4.78 is 13.1. The maximum Gasteiger partial charge on any atom is 0.225 e. The fourth-order valence-corrected chi connectivity index (χ4v) is 2.91. The summed E-state index contributed by atoms with van der Waals surface area (Å²) in [5, 5.41) is 5.76. The van der Waals surface area contributed by atoms with Crippen LogP contribution >= 0.6 is 22.9 Å². The molecule has 0 unspecified atom stereocenters. The van der Waals surface area contributed by atoms with Crippen LogP contribution in [-0.2, 0) is 11.3 Å². The Kier molecular flexibility index (Phi) is 5.14. The van der Waals surface area contributed by atoms with E-state index in [-0.39, 0.29) is 10.9 Å². The second-order valence-electron chi connectivity index (χ2n) is 4.37. The number of aromatic nitrogens is 1. The van der Waals surface area contributed by atoms with Crippen LogP contribution < -0.4 is 10.2 Å². The molecule has 0 atom stereocenters. The van der Waals surface area contributed by atoms with Gasteiger partial charge in [0.15, 0.2) is 5.13 Å². The van der Waals surface area contributed by atoms with Gasteiger partial charge in [-0.05, 0) is 25.1 Å². The maximum absolute atomic E-state index is 13.1. The molecule has 1 heterocycles. The van der Waals surface area contributed by atoms with Crippen molar-refractivity contribution in [2.24, 2.45) is 0 Å². The average molecular weight is 328 g/mol. The van der Waals surface area contributed by atoms with Crippen LogP contribution in [0.1, 0.15) is 19.5 Å². The lowest BCUT2D eigenvalue weighted by Crippen LogP contribution is -2.27. The van der Waals surface area contributed by atoms with Crippen molar-refractivity contribution in [1.82, 2.24) is 4.98 Å². The number of thiazole rings is 1. The van der Waals surface area contributed by atoms with Crippen molar-refractivity contribution in [3.8, 4) is 0 Å². The highest BCUT2D eigenvalue weighted by atomic mass is 35.5. The number of benzene rings is 1. The number of carbonyl (C=O) groups excluding carboxylic acids is 1. The summed E-state index contributed by atoms with van der Waals surface area (Å²) in [4.78, 5) is 17.5. The minimum absolute atomic E-state index is 0.0309. The van der Waals surface area contributed by atoms with Gasteiger partial charge in [0.05, 0.1) is 17.3 Å². The smallest absolute Gasteiger partial charge is 0.225 e. The third kappa shape index (κ3) is 3.92. The summed E-state index contributed by atoms with van der Waals surface area (Å²) in [5.74, 6) is -0.477. The quantitative estimate of drug-likeness (QED) is 0.905. The van der Waals surface area contributed by atoms with Crippen LogP contribution in [0.2, 0.25) is 5.02 Å². The van der Waals surface area contributed by atoms with Gasteiger partial charge in [-0.3, -0.25) is 9.69 Å². The number of nitrogens with one attached hydrogen (secondary N) is 1. The number of amides is 1. The summed E-state index contributed by atoms with van der Waals surface area (Å²) in [7, 11) is 0. The van der Waals surface area contributed by atoms with Crippen molar-refractivity contribution >= 4 is 39.7 Å². The minimum atomic E-state index is -0.446. The average Bonchev–Trinajstić information content (AvgIpc) is 2.89. The first-order valence-electron chi connectivity index (χ1n) is 6.42. The van der Waals surface area contributed by atoms with Gasteiger partial charge in [-0.15, -0.1) is 11.3 Å². The number of hydrogen-bond acceptors (Lipinski definition) is 4. The Morgan fingerprint density at radius 1 is 1.52 bits per heavy atom.